The van der Waals surface area contributed by atoms with Crippen LogP contribution in [0, 0.1) is 17.2 Å². The van der Waals surface area contributed by atoms with Gasteiger partial charge in [0.1, 0.15) is 6.04 Å². The molecule has 1 saturated heterocycles. The number of carbonyl (C=O) groups excluding carboxylic acids is 3. The van der Waals surface area contributed by atoms with Gasteiger partial charge in [0, 0.05) is 12.5 Å². The van der Waals surface area contributed by atoms with Crippen LogP contribution in [0.4, 0.5) is 5.69 Å². The number of fused-ring (bicyclic) bond motifs is 1. The number of carbonyl (C=O) groups is 3. The smallest absolute Gasteiger partial charge is 0.257 e. The quantitative estimate of drug-likeness (QED) is 0.693. The number of rotatable bonds is 5. The van der Waals surface area contributed by atoms with Gasteiger partial charge in [-0.25, -0.2) is 4.90 Å². The van der Waals surface area contributed by atoms with Crippen LogP contribution in [-0.4, -0.2) is 35.5 Å². The Morgan fingerprint density at radius 2 is 1.84 bits per heavy atom. The summed E-state index contributed by atoms with van der Waals surface area (Å²) in [6.45, 7) is 0.357. The summed E-state index contributed by atoms with van der Waals surface area (Å²) < 4.78 is 10.8. The maximum absolute atomic E-state index is 13.2. The van der Waals surface area contributed by atoms with Gasteiger partial charge in [-0.15, -0.1) is 0 Å². The third-order valence-corrected chi connectivity index (χ3v) is 5.75. The summed E-state index contributed by atoms with van der Waals surface area (Å²) in [6, 6.07) is 12.8. The van der Waals surface area contributed by atoms with Gasteiger partial charge >= 0.3 is 0 Å². The maximum atomic E-state index is 13.2. The third kappa shape index (κ3) is 3.48. The van der Waals surface area contributed by atoms with Crippen molar-refractivity contribution in [2.75, 3.05) is 11.7 Å². The Morgan fingerprint density at radius 3 is 2.55 bits per heavy atom. The SMILES string of the molecule is N#Cc1ccc(N2C(=O)CC(N(Cc3ccc4c(c3)OCO4)C(=O)C3CC3)C2=O)cc1. The summed E-state index contributed by atoms with van der Waals surface area (Å²) in [5.74, 6) is 0.252. The maximum Gasteiger partial charge on any atom is 0.257 e. The molecule has 0 radical (unpaired) electrons. The van der Waals surface area contributed by atoms with E-state index in [1.807, 2.05) is 12.1 Å². The van der Waals surface area contributed by atoms with Gasteiger partial charge in [-0.05, 0) is 54.8 Å². The van der Waals surface area contributed by atoms with Crippen LogP contribution in [0.5, 0.6) is 11.5 Å². The van der Waals surface area contributed by atoms with E-state index in [1.165, 1.54) is 4.90 Å². The van der Waals surface area contributed by atoms with E-state index in [-0.39, 0.29) is 37.5 Å². The summed E-state index contributed by atoms with van der Waals surface area (Å²) in [4.78, 5) is 41.7. The Balaban J connectivity index is 1.42. The van der Waals surface area contributed by atoms with Gasteiger partial charge in [0.15, 0.2) is 11.5 Å². The molecule has 2 aromatic rings. The molecule has 5 rings (SSSR count). The predicted molar refractivity (Wildman–Crippen MR) is 108 cm³/mol. The molecule has 0 spiro atoms. The lowest BCUT2D eigenvalue weighted by Gasteiger charge is -2.28. The molecule has 1 unspecified atom stereocenters. The second-order valence-electron chi connectivity index (χ2n) is 7.87. The molecule has 8 nitrogen and oxygen atoms in total. The molecule has 1 aliphatic carbocycles. The molecule has 1 saturated carbocycles. The monoisotopic (exact) mass is 417 g/mol. The lowest BCUT2D eigenvalue weighted by Crippen LogP contribution is -2.45. The third-order valence-electron chi connectivity index (χ3n) is 5.75. The number of benzene rings is 2. The second kappa shape index (κ2) is 7.43. The average Bonchev–Trinajstić information content (AvgIpc) is 3.46. The number of ether oxygens (including phenoxy) is 2. The summed E-state index contributed by atoms with van der Waals surface area (Å²) in [5, 5.41) is 8.97. The van der Waals surface area contributed by atoms with Crippen molar-refractivity contribution < 1.29 is 23.9 Å². The molecule has 1 atom stereocenters. The molecule has 0 aromatic heterocycles. The number of hydrogen-bond donors (Lipinski definition) is 0. The molecular formula is C23H19N3O5. The van der Waals surface area contributed by atoms with Crippen LogP contribution in [0.1, 0.15) is 30.4 Å². The summed E-state index contributed by atoms with van der Waals surface area (Å²) >= 11 is 0. The molecule has 31 heavy (non-hydrogen) atoms. The molecular weight excluding hydrogens is 398 g/mol. The molecule has 0 N–H and O–H groups in total. The Morgan fingerprint density at radius 1 is 1.10 bits per heavy atom. The van der Waals surface area contributed by atoms with Crippen LogP contribution in [-0.2, 0) is 20.9 Å². The standard InChI is InChI=1S/C23H19N3O5/c24-11-14-1-6-17(7-2-14)26-21(27)10-18(23(26)29)25(22(28)16-4-5-16)12-15-3-8-19-20(9-15)31-13-30-19/h1-3,6-9,16,18H,4-5,10,12-13H2. The fourth-order valence-corrected chi connectivity index (χ4v) is 3.96. The highest BCUT2D eigenvalue weighted by molar-refractivity contribution is 6.23. The van der Waals surface area contributed by atoms with Crippen LogP contribution in [0.3, 0.4) is 0 Å². The van der Waals surface area contributed by atoms with Gasteiger partial charge in [-0.2, -0.15) is 5.26 Å². The summed E-state index contributed by atoms with van der Waals surface area (Å²) in [7, 11) is 0. The Kier molecular flexibility index (Phi) is 4.59. The molecule has 2 heterocycles. The van der Waals surface area contributed by atoms with Crippen LogP contribution < -0.4 is 14.4 Å². The minimum Gasteiger partial charge on any atom is -0.454 e. The van der Waals surface area contributed by atoms with E-state index in [4.69, 9.17) is 14.7 Å². The molecule has 2 aliphatic heterocycles. The van der Waals surface area contributed by atoms with E-state index in [0.29, 0.717) is 22.7 Å². The highest BCUT2D eigenvalue weighted by Gasteiger charge is 2.46. The van der Waals surface area contributed by atoms with Crippen molar-refractivity contribution in [1.29, 1.82) is 5.26 Å². The van der Waals surface area contributed by atoms with Crippen molar-refractivity contribution in [2.45, 2.75) is 31.8 Å². The minimum absolute atomic E-state index is 0.0676. The topological polar surface area (TPSA) is 99.9 Å². The van der Waals surface area contributed by atoms with Gasteiger partial charge in [0.2, 0.25) is 18.6 Å². The first-order chi connectivity index (χ1) is 15.0. The van der Waals surface area contributed by atoms with E-state index in [2.05, 4.69) is 0 Å². The molecule has 8 heteroatoms. The van der Waals surface area contributed by atoms with E-state index in [0.717, 1.165) is 23.3 Å². The lowest BCUT2D eigenvalue weighted by atomic mass is 10.1. The molecule has 3 aliphatic rings. The predicted octanol–water partition coefficient (Wildman–Crippen LogP) is 2.36. The Bertz CT molecular complexity index is 1120. The molecule has 156 valence electrons. The Hall–Kier alpha value is -3.86. The highest BCUT2D eigenvalue weighted by Crippen LogP contribution is 2.37. The van der Waals surface area contributed by atoms with Crippen LogP contribution >= 0.6 is 0 Å². The summed E-state index contributed by atoms with van der Waals surface area (Å²) in [5.41, 5.74) is 1.64. The normalized spacial score (nSPS) is 19.5. The minimum atomic E-state index is -0.860. The first-order valence-electron chi connectivity index (χ1n) is 10.1. The van der Waals surface area contributed by atoms with Crippen molar-refractivity contribution in [3.05, 3.63) is 53.6 Å². The van der Waals surface area contributed by atoms with Gasteiger partial charge < -0.3 is 14.4 Å². The molecule has 2 aromatic carbocycles. The average molecular weight is 417 g/mol. The number of anilines is 1. The zero-order chi connectivity index (χ0) is 21.5. The van der Waals surface area contributed by atoms with Gasteiger partial charge in [-0.3, -0.25) is 14.4 Å². The van der Waals surface area contributed by atoms with E-state index < -0.39 is 11.9 Å². The van der Waals surface area contributed by atoms with Gasteiger partial charge in [0.25, 0.3) is 5.91 Å². The van der Waals surface area contributed by atoms with E-state index in [9.17, 15) is 14.4 Å². The molecule has 2 fully saturated rings. The fraction of sp³-hybridized carbons (Fsp3) is 0.304. The van der Waals surface area contributed by atoms with Crippen molar-refractivity contribution in [3.8, 4) is 17.6 Å². The lowest BCUT2D eigenvalue weighted by molar-refractivity contribution is -0.140. The fourth-order valence-electron chi connectivity index (χ4n) is 3.96. The van der Waals surface area contributed by atoms with Crippen LogP contribution in [0.2, 0.25) is 0 Å². The molecule has 0 bridgehead atoms. The second-order valence-corrected chi connectivity index (χ2v) is 7.87. The van der Waals surface area contributed by atoms with Crippen molar-refractivity contribution in [2.24, 2.45) is 5.92 Å². The Labute approximate surface area is 178 Å². The number of nitrogens with zero attached hydrogens (tertiary/aromatic N) is 3. The zero-order valence-corrected chi connectivity index (χ0v) is 16.6. The van der Waals surface area contributed by atoms with Gasteiger partial charge in [-0.1, -0.05) is 6.07 Å². The summed E-state index contributed by atoms with van der Waals surface area (Å²) in [6.07, 6.45) is 1.52. The number of imide groups is 1. The number of hydrogen-bond acceptors (Lipinski definition) is 6. The zero-order valence-electron chi connectivity index (χ0n) is 16.6. The largest absolute Gasteiger partial charge is 0.454 e. The highest BCUT2D eigenvalue weighted by atomic mass is 16.7. The number of amides is 3. The van der Waals surface area contributed by atoms with E-state index >= 15 is 0 Å². The van der Waals surface area contributed by atoms with Crippen LogP contribution in [0.15, 0.2) is 42.5 Å². The van der Waals surface area contributed by atoms with Crippen molar-refractivity contribution in [1.82, 2.24) is 4.90 Å². The first kappa shape index (κ1) is 19.1. The van der Waals surface area contributed by atoms with Crippen LogP contribution in [0.25, 0.3) is 0 Å². The molecule has 3 amide bonds. The van der Waals surface area contributed by atoms with E-state index in [1.54, 1.807) is 36.4 Å². The number of nitriles is 1. The van der Waals surface area contributed by atoms with Crippen molar-refractivity contribution in [3.63, 3.8) is 0 Å². The van der Waals surface area contributed by atoms with Gasteiger partial charge in [0.05, 0.1) is 23.7 Å². The van der Waals surface area contributed by atoms with Crippen molar-refractivity contribution >= 4 is 23.4 Å². The first-order valence-corrected chi connectivity index (χ1v) is 10.1.